The fourth-order valence-electron chi connectivity index (χ4n) is 4.60. The topological polar surface area (TPSA) is 179 Å². The third-order valence-electron chi connectivity index (χ3n) is 6.84. The van der Waals surface area contributed by atoms with Gasteiger partial charge in [-0.05, 0) is 23.5 Å². The molecule has 0 radical (unpaired) electrons. The van der Waals surface area contributed by atoms with Gasteiger partial charge in [-0.25, -0.2) is 9.78 Å². The maximum absolute atomic E-state index is 13.7. The molecule has 236 valence electrons. The number of hydrogen-bond donors (Lipinski definition) is 5. The molecule has 0 bridgehead atoms. The second-order valence-electron chi connectivity index (χ2n) is 11.3. The largest absolute Gasteiger partial charge is 0.465 e. The van der Waals surface area contributed by atoms with Gasteiger partial charge in [0.05, 0.1) is 42.0 Å². The summed E-state index contributed by atoms with van der Waals surface area (Å²) in [7, 11) is 0. The van der Waals surface area contributed by atoms with Gasteiger partial charge in [0.2, 0.25) is 17.7 Å². The zero-order chi connectivity index (χ0) is 31.6. The number of nitrogens with one attached hydrogen (secondary N) is 3. The van der Waals surface area contributed by atoms with E-state index in [9.17, 15) is 24.3 Å². The van der Waals surface area contributed by atoms with E-state index in [1.807, 2.05) is 31.2 Å². The van der Waals surface area contributed by atoms with Gasteiger partial charge in [0.1, 0.15) is 18.7 Å². The molecule has 3 rings (SSSR count). The summed E-state index contributed by atoms with van der Waals surface area (Å²) < 4.78 is 10.5. The summed E-state index contributed by atoms with van der Waals surface area (Å²) in [5.74, 6) is -1.36. The van der Waals surface area contributed by atoms with E-state index in [-0.39, 0.29) is 58.4 Å². The van der Waals surface area contributed by atoms with Crippen LogP contribution in [0, 0.1) is 12.3 Å². The van der Waals surface area contributed by atoms with Crippen LogP contribution < -0.4 is 16.0 Å². The Hall–Kier alpha value is -3.59. The predicted octanol–water partition coefficient (Wildman–Crippen LogP) is 1.53. The molecule has 1 saturated heterocycles. The zero-order valence-electron chi connectivity index (χ0n) is 24.9. The van der Waals surface area contributed by atoms with E-state index in [0.29, 0.717) is 0 Å². The summed E-state index contributed by atoms with van der Waals surface area (Å²) in [6.45, 7) is 7.84. The van der Waals surface area contributed by atoms with Gasteiger partial charge in [-0.15, -0.1) is 11.3 Å². The Labute approximate surface area is 255 Å². The third kappa shape index (κ3) is 10.3. The van der Waals surface area contributed by atoms with Crippen molar-refractivity contribution in [2.45, 2.75) is 58.8 Å². The minimum atomic E-state index is -1.14. The molecule has 14 heteroatoms. The number of rotatable bonds is 14. The molecular formula is C29H41N5O8S. The normalized spacial score (nSPS) is 17.4. The molecule has 1 aromatic heterocycles. The Morgan fingerprint density at radius 3 is 2.42 bits per heavy atom. The van der Waals surface area contributed by atoms with Crippen molar-refractivity contribution in [3.8, 4) is 10.4 Å². The molecule has 0 unspecified atom stereocenters. The first-order valence-corrected chi connectivity index (χ1v) is 14.9. The lowest BCUT2D eigenvalue weighted by molar-refractivity contribution is -0.144. The number of nitrogens with zero attached hydrogens (tertiary/aromatic N) is 2. The highest BCUT2D eigenvalue weighted by Gasteiger charge is 2.44. The molecule has 1 fully saturated rings. The molecule has 1 aliphatic rings. The smallest absolute Gasteiger partial charge is 0.404 e. The summed E-state index contributed by atoms with van der Waals surface area (Å²) in [5.41, 5.74) is 4.00. The molecule has 43 heavy (non-hydrogen) atoms. The highest BCUT2D eigenvalue weighted by atomic mass is 32.1. The Balaban J connectivity index is 1.53. The average Bonchev–Trinajstić information content (AvgIpc) is 3.56. The number of ether oxygens (including phenoxy) is 2. The first kappa shape index (κ1) is 33.9. The molecule has 1 aromatic carbocycles. The molecule has 4 amide bonds. The van der Waals surface area contributed by atoms with Crippen LogP contribution in [0.3, 0.4) is 0 Å². The predicted molar refractivity (Wildman–Crippen MR) is 159 cm³/mol. The number of aliphatic hydroxyl groups is 1. The number of carboxylic acid groups (broad SMARTS) is 1. The molecule has 13 nitrogen and oxygen atoms in total. The minimum absolute atomic E-state index is 0.0210. The van der Waals surface area contributed by atoms with E-state index in [2.05, 4.69) is 20.9 Å². The molecule has 2 heterocycles. The summed E-state index contributed by atoms with van der Waals surface area (Å²) >= 11 is 1.57. The maximum atomic E-state index is 13.7. The number of β-amino-alcohol motifs (C(OH)–C–C–N with tert-alkyl or cyclic N) is 1. The van der Waals surface area contributed by atoms with Crippen LogP contribution in [-0.2, 0) is 30.4 Å². The second kappa shape index (κ2) is 15.8. The number of aromatic nitrogens is 1. The fraction of sp³-hybridized carbons (Fsp3) is 0.552. The van der Waals surface area contributed by atoms with Crippen molar-refractivity contribution in [2.24, 2.45) is 5.41 Å². The Bertz CT molecular complexity index is 1250. The Morgan fingerprint density at radius 1 is 1.09 bits per heavy atom. The van der Waals surface area contributed by atoms with E-state index < -0.39 is 41.5 Å². The summed E-state index contributed by atoms with van der Waals surface area (Å²) in [6.07, 6.45) is -1.91. The van der Waals surface area contributed by atoms with Crippen molar-refractivity contribution in [1.29, 1.82) is 0 Å². The number of benzene rings is 1. The number of aryl methyl sites for hydroxylation is 1. The molecule has 5 N–H and O–H groups in total. The van der Waals surface area contributed by atoms with E-state index >= 15 is 0 Å². The van der Waals surface area contributed by atoms with Crippen molar-refractivity contribution in [3.05, 3.63) is 41.0 Å². The van der Waals surface area contributed by atoms with Crippen molar-refractivity contribution < 1.29 is 38.9 Å². The van der Waals surface area contributed by atoms with Crippen LogP contribution in [0.5, 0.6) is 0 Å². The van der Waals surface area contributed by atoms with E-state index in [1.54, 1.807) is 37.6 Å². The van der Waals surface area contributed by atoms with Gasteiger partial charge in [0.15, 0.2) is 0 Å². The van der Waals surface area contributed by atoms with Crippen LogP contribution in [0.4, 0.5) is 4.79 Å². The number of carbonyl (C=O) groups is 4. The summed E-state index contributed by atoms with van der Waals surface area (Å²) in [4.78, 5) is 56.6. The Kier molecular flexibility index (Phi) is 12.4. The van der Waals surface area contributed by atoms with Gasteiger partial charge >= 0.3 is 6.09 Å². The number of amides is 4. The minimum Gasteiger partial charge on any atom is -0.465 e. The van der Waals surface area contributed by atoms with Crippen molar-refractivity contribution in [3.63, 3.8) is 0 Å². The molecule has 0 saturated carbocycles. The number of thiazole rings is 1. The highest BCUT2D eigenvalue weighted by molar-refractivity contribution is 7.13. The Morgan fingerprint density at radius 2 is 1.79 bits per heavy atom. The second-order valence-corrected chi connectivity index (χ2v) is 12.2. The van der Waals surface area contributed by atoms with Gasteiger partial charge in [-0.3, -0.25) is 14.4 Å². The quantitative estimate of drug-likeness (QED) is 0.196. The van der Waals surface area contributed by atoms with Crippen LogP contribution >= 0.6 is 11.3 Å². The lowest BCUT2D eigenvalue weighted by atomic mass is 9.85. The van der Waals surface area contributed by atoms with Crippen LogP contribution in [0.1, 0.15) is 38.4 Å². The van der Waals surface area contributed by atoms with Gasteiger partial charge in [0.25, 0.3) is 0 Å². The zero-order valence-corrected chi connectivity index (χ0v) is 25.7. The SMILES string of the molecule is Cc1ncsc1-c1ccc(CNC(=O)[C@@H]2C[C@@H](O)CN2C(=O)[C@@H](NC(=O)COCCOCCNC(=O)O)C(C)(C)C)cc1. The van der Waals surface area contributed by atoms with Crippen molar-refractivity contribution >= 4 is 35.2 Å². The molecule has 3 atom stereocenters. The number of likely N-dealkylation sites (tertiary alicyclic amines) is 1. The monoisotopic (exact) mass is 619 g/mol. The van der Waals surface area contributed by atoms with Crippen LogP contribution in [0.2, 0.25) is 0 Å². The van der Waals surface area contributed by atoms with Gasteiger partial charge in [0, 0.05) is 26.1 Å². The van der Waals surface area contributed by atoms with Crippen molar-refractivity contribution in [2.75, 3.05) is 39.5 Å². The summed E-state index contributed by atoms with van der Waals surface area (Å²) in [6, 6.07) is 5.96. The lowest BCUT2D eigenvalue weighted by Gasteiger charge is -2.35. The van der Waals surface area contributed by atoms with Gasteiger partial charge < -0.3 is 40.5 Å². The summed E-state index contributed by atoms with van der Waals surface area (Å²) in [5, 5.41) is 26.7. The van der Waals surface area contributed by atoms with E-state index in [0.717, 1.165) is 21.7 Å². The van der Waals surface area contributed by atoms with Crippen LogP contribution in [0.25, 0.3) is 10.4 Å². The van der Waals surface area contributed by atoms with Gasteiger partial charge in [-0.2, -0.15) is 0 Å². The number of carbonyl (C=O) groups excluding carboxylic acids is 3. The van der Waals surface area contributed by atoms with E-state index in [4.69, 9.17) is 14.6 Å². The average molecular weight is 620 g/mol. The number of aliphatic hydroxyl groups excluding tert-OH is 1. The van der Waals surface area contributed by atoms with E-state index in [1.165, 1.54) is 4.90 Å². The molecular weight excluding hydrogens is 578 g/mol. The first-order valence-electron chi connectivity index (χ1n) is 14.0. The van der Waals surface area contributed by atoms with Crippen molar-refractivity contribution in [1.82, 2.24) is 25.8 Å². The number of hydrogen-bond acceptors (Lipinski definition) is 9. The highest BCUT2D eigenvalue weighted by Crippen LogP contribution is 2.28. The standard InChI is InChI=1S/C29H41N5O8S/c1-18-24(43-17-32-18)20-7-5-19(6-8-20)14-31-26(37)22-13-21(35)15-34(22)27(38)25(29(2,3)4)33-23(36)16-42-12-11-41-10-9-30-28(39)40/h5-8,17,21-22,25,30,35H,9-16H2,1-4H3,(H,31,37)(H,33,36)(H,39,40)/t21-,22+,25-/m1/s1. The van der Waals surface area contributed by atoms with Crippen LogP contribution in [0.15, 0.2) is 29.8 Å². The van der Waals surface area contributed by atoms with Gasteiger partial charge in [-0.1, -0.05) is 45.0 Å². The molecule has 0 aliphatic carbocycles. The van der Waals surface area contributed by atoms with Crippen LogP contribution in [-0.4, -0.2) is 102 Å². The lowest BCUT2D eigenvalue weighted by Crippen LogP contribution is -2.58. The third-order valence-corrected chi connectivity index (χ3v) is 7.82. The fourth-order valence-corrected chi connectivity index (χ4v) is 5.41. The maximum Gasteiger partial charge on any atom is 0.404 e. The molecule has 1 aliphatic heterocycles. The molecule has 2 aromatic rings. The first-order chi connectivity index (χ1) is 20.4. The molecule has 0 spiro atoms.